The molecule has 0 radical (unpaired) electrons. The number of rotatable bonds is 4. The molecule has 0 saturated heterocycles. The third kappa shape index (κ3) is 4.27. The zero-order chi connectivity index (χ0) is 22.8. The number of ether oxygens (including phenoxy) is 2. The molecule has 1 aliphatic heterocycles. The standard InChI is InChI=1S/C25H31NO5S/c1-14-13-17-21(23(27)19(14)24(28)30-3)22(18-11-8-12-32-18)20(15(2)26-17)25(29)31-16-9-6-4-5-7-10-16/h8,11-12,14,16,19,22,26H,4-7,9-10,13H2,1-3H3/t14-,19+,22-/m0/s1. The second kappa shape index (κ2) is 9.61. The van der Waals surface area contributed by atoms with Crippen molar-refractivity contribution in [3.63, 3.8) is 0 Å². The summed E-state index contributed by atoms with van der Waals surface area (Å²) < 4.78 is 10.9. The number of hydrogen-bond donors (Lipinski definition) is 1. The van der Waals surface area contributed by atoms with Crippen LogP contribution >= 0.6 is 11.3 Å². The molecule has 3 aliphatic rings. The molecule has 6 nitrogen and oxygen atoms in total. The van der Waals surface area contributed by atoms with Gasteiger partial charge < -0.3 is 14.8 Å². The van der Waals surface area contributed by atoms with Crippen molar-refractivity contribution in [2.75, 3.05) is 7.11 Å². The minimum absolute atomic E-state index is 0.0884. The van der Waals surface area contributed by atoms with Crippen LogP contribution in [0.5, 0.6) is 0 Å². The quantitative estimate of drug-likeness (QED) is 0.403. The average Bonchev–Trinajstić information content (AvgIpc) is 3.17. The van der Waals surface area contributed by atoms with Crippen LogP contribution in [0.15, 0.2) is 40.1 Å². The predicted octanol–water partition coefficient (Wildman–Crippen LogP) is 4.63. The van der Waals surface area contributed by atoms with E-state index in [1.165, 1.54) is 31.3 Å². The Morgan fingerprint density at radius 1 is 1.16 bits per heavy atom. The molecular formula is C25H31NO5S. The van der Waals surface area contributed by atoms with Crippen LogP contribution in [0.4, 0.5) is 0 Å². The van der Waals surface area contributed by atoms with E-state index in [4.69, 9.17) is 9.47 Å². The van der Waals surface area contributed by atoms with Gasteiger partial charge in [-0.3, -0.25) is 9.59 Å². The molecule has 0 aromatic carbocycles. The first-order chi connectivity index (χ1) is 15.4. The van der Waals surface area contributed by atoms with Crippen molar-refractivity contribution in [3.05, 3.63) is 44.9 Å². The summed E-state index contributed by atoms with van der Waals surface area (Å²) in [4.78, 5) is 40.4. The summed E-state index contributed by atoms with van der Waals surface area (Å²) in [6.45, 7) is 3.76. The van der Waals surface area contributed by atoms with E-state index in [9.17, 15) is 14.4 Å². The van der Waals surface area contributed by atoms with Crippen LogP contribution in [0, 0.1) is 11.8 Å². The van der Waals surface area contributed by atoms with E-state index in [0.29, 0.717) is 17.6 Å². The van der Waals surface area contributed by atoms with Crippen LogP contribution in [0.2, 0.25) is 0 Å². The van der Waals surface area contributed by atoms with Crippen LogP contribution in [-0.2, 0) is 23.9 Å². The molecule has 2 aliphatic carbocycles. The Bertz CT molecular complexity index is 953. The number of Topliss-reactive ketones (excluding diaryl/α,β-unsaturated/α-hetero) is 1. The zero-order valence-electron chi connectivity index (χ0n) is 18.9. The van der Waals surface area contributed by atoms with Gasteiger partial charge in [0.25, 0.3) is 0 Å². The average molecular weight is 458 g/mol. The van der Waals surface area contributed by atoms with Crippen molar-refractivity contribution in [3.8, 4) is 0 Å². The monoisotopic (exact) mass is 457 g/mol. The molecule has 1 aromatic rings. The fourth-order valence-corrected chi connectivity index (χ4v) is 6.11. The lowest BCUT2D eigenvalue weighted by Gasteiger charge is -2.38. The molecule has 0 spiro atoms. The van der Waals surface area contributed by atoms with Crippen molar-refractivity contribution >= 4 is 29.1 Å². The number of hydrogen-bond acceptors (Lipinski definition) is 7. The van der Waals surface area contributed by atoms with Gasteiger partial charge in [0.15, 0.2) is 5.78 Å². The normalized spacial score (nSPS) is 26.8. The van der Waals surface area contributed by atoms with Gasteiger partial charge in [-0.2, -0.15) is 0 Å². The molecule has 1 aromatic heterocycles. The summed E-state index contributed by atoms with van der Waals surface area (Å²) >= 11 is 1.50. The molecule has 32 heavy (non-hydrogen) atoms. The molecule has 1 N–H and O–H groups in total. The molecule has 4 rings (SSSR count). The summed E-state index contributed by atoms with van der Waals surface area (Å²) in [5.74, 6) is -2.72. The smallest absolute Gasteiger partial charge is 0.337 e. The van der Waals surface area contributed by atoms with E-state index in [1.807, 2.05) is 31.4 Å². The molecule has 0 unspecified atom stereocenters. The Hall–Kier alpha value is -2.41. The SMILES string of the molecule is COC(=O)[C@H]1C(=O)C2=C(C[C@@H]1C)NC(C)=C(C(=O)OC1CCCCCC1)[C@@H]2c1cccs1. The fourth-order valence-electron chi connectivity index (χ4n) is 5.27. The topological polar surface area (TPSA) is 81.7 Å². The van der Waals surface area contributed by atoms with Gasteiger partial charge >= 0.3 is 11.9 Å². The number of methoxy groups -OCH3 is 1. The molecular weight excluding hydrogens is 426 g/mol. The largest absolute Gasteiger partial charge is 0.468 e. The van der Waals surface area contributed by atoms with E-state index in [-0.39, 0.29) is 23.8 Å². The number of dihydropyridines is 1. The van der Waals surface area contributed by atoms with Gasteiger partial charge in [0.1, 0.15) is 12.0 Å². The van der Waals surface area contributed by atoms with Crippen LogP contribution < -0.4 is 5.32 Å². The van der Waals surface area contributed by atoms with Crippen molar-refractivity contribution in [2.24, 2.45) is 11.8 Å². The number of esters is 2. The molecule has 1 fully saturated rings. The summed E-state index contributed by atoms with van der Waals surface area (Å²) in [6.07, 6.45) is 6.69. The third-order valence-corrected chi connectivity index (χ3v) is 7.80. The highest BCUT2D eigenvalue weighted by Gasteiger charge is 2.47. The molecule has 1 saturated carbocycles. The van der Waals surface area contributed by atoms with Gasteiger partial charge in [-0.1, -0.05) is 25.8 Å². The van der Waals surface area contributed by atoms with Gasteiger partial charge in [0.05, 0.1) is 18.6 Å². The van der Waals surface area contributed by atoms with Gasteiger partial charge in [0, 0.05) is 21.8 Å². The first-order valence-electron chi connectivity index (χ1n) is 11.5. The predicted molar refractivity (Wildman–Crippen MR) is 122 cm³/mol. The second-order valence-electron chi connectivity index (χ2n) is 9.07. The molecule has 7 heteroatoms. The first kappa shape index (κ1) is 22.8. The highest BCUT2D eigenvalue weighted by molar-refractivity contribution is 7.10. The molecule has 172 valence electrons. The molecule has 3 atom stereocenters. The minimum atomic E-state index is -0.861. The lowest BCUT2D eigenvalue weighted by molar-refractivity contribution is -0.151. The highest BCUT2D eigenvalue weighted by Crippen LogP contribution is 2.46. The Morgan fingerprint density at radius 3 is 2.50 bits per heavy atom. The van der Waals surface area contributed by atoms with E-state index in [2.05, 4.69) is 5.32 Å². The lowest BCUT2D eigenvalue weighted by Crippen LogP contribution is -2.43. The zero-order valence-corrected chi connectivity index (χ0v) is 19.8. The maximum atomic E-state index is 13.6. The second-order valence-corrected chi connectivity index (χ2v) is 10.0. The fraction of sp³-hybridized carbons (Fsp3) is 0.560. The van der Waals surface area contributed by atoms with Crippen LogP contribution in [-0.4, -0.2) is 30.9 Å². The summed E-state index contributed by atoms with van der Waals surface area (Å²) in [6, 6.07) is 3.86. The van der Waals surface area contributed by atoms with E-state index < -0.39 is 17.8 Å². The van der Waals surface area contributed by atoms with Gasteiger partial charge in [-0.15, -0.1) is 11.3 Å². The number of carbonyl (C=O) groups is 3. The van der Waals surface area contributed by atoms with Crippen molar-refractivity contribution in [1.82, 2.24) is 5.32 Å². The highest BCUT2D eigenvalue weighted by atomic mass is 32.1. The van der Waals surface area contributed by atoms with Gasteiger partial charge in [-0.25, -0.2) is 4.79 Å². The Morgan fingerprint density at radius 2 is 1.88 bits per heavy atom. The van der Waals surface area contributed by atoms with Gasteiger partial charge in [-0.05, 0) is 56.4 Å². The van der Waals surface area contributed by atoms with E-state index >= 15 is 0 Å². The molecule has 0 bridgehead atoms. The van der Waals surface area contributed by atoms with Crippen LogP contribution in [0.1, 0.15) is 69.6 Å². The Balaban J connectivity index is 1.71. The van der Waals surface area contributed by atoms with Gasteiger partial charge in [0.2, 0.25) is 0 Å². The number of carbonyl (C=O) groups excluding carboxylic acids is 3. The molecule has 2 heterocycles. The van der Waals surface area contributed by atoms with E-state index in [0.717, 1.165) is 42.0 Å². The number of ketones is 1. The first-order valence-corrected chi connectivity index (χ1v) is 12.4. The van der Waals surface area contributed by atoms with Crippen molar-refractivity contribution < 1.29 is 23.9 Å². The third-order valence-electron chi connectivity index (χ3n) is 6.87. The molecule has 0 amide bonds. The Kier molecular flexibility index (Phi) is 6.84. The number of thiophene rings is 1. The summed E-state index contributed by atoms with van der Waals surface area (Å²) in [5.41, 5.74) is 2.49. The summed E-state index contributed by atoms with van der Waals surface area (Å²) in [7, 11) is 1.31. The van der Waals surface area contributed by atoms with Crippen LogP contribution in [0.25, 0.3) is 0 Å². The minimum Gasteiger partial charge on any atom is -0.468 e. The maximum absolute atomic E-state index is 13.6. The van der Waals surface area contributed by atoms with Crippen molar-refractivity contribution in [2.45, 2.75) is 70.8 Å². The van der Waals surface area contributed by atoms with Crippen LogP contribution in [0.3, 0.4) is 0 Å². The number of nitrogens with one attached hydrogen (secondary N) is 1. The number of allylic oxidation sites excluding steroid dienone is 3. The Labute approximate surface area is 193 Å². The van der Waals surface area contributed by atoms with Crippen molar-refractivity contribution in [1.29, 1.82) is 0 Å². The lowest BCUT2D eigenvalue weighted by atomic mass is 9.70. The maximum Gasteiger partial charge on any atom is 0.337 e. The summed E-state index contributed by atoms with van der Waals surface area (Å²) in [5, 5.41) is 5.26. The van der Waals surface area contributed by atoms with E-state index in [1.54, 1.807) is 0 Å².